The van der Waals surface area contributed by atoms with E-state index in [1.54, 1.807) is 0 Å². The molecule has 0 saturated carbocycles. The lowest BCUT2D eigenvalue weighted by molar-refractivity contribution is -0.161. The van der Waals surface area contributed by atoms with Crippen LogP contribution in [0.4, 0.5) is 0 Å². The van der Waals surface area contributed by atoms with Crippen molar-refractivity contribution in [2.24, 2.45) is 5.73 Å². The lowest BCUT2D eigenvalue weighted by Gasteiger charge is -2.19. The van der Waals surface area contributed by atoms with Crippen LogP contribution in [-0.4, -0.2) is 49.3 Å². The quantitative estimate of drug-likeness (QED) is 0.0264. The third-order valence-corrected chi connectivity index (χ3v) is 15.9. The molecule has 0 fully saturated rings. The minimum absolute atomic E-state index is 0.0505. The highest BCUT2D eigenvalue weighted by atomic mass is 31.2. The highest BCUT2D eigenvalue weighted by molar-refractivity contribution is 7.47. The van der Waals surface area contributed by atoms with Crippen LogP contribution in [0.2, 0.25) is 0 Å². The maximum Gasteiger partial charge on any atom is 0.472 e. The average molecular weight is 1190 g/mol. The lowest BCUT2D eigenvalue weighted by Crippen LogP contribution is -2.29. The molecule has 0 radical (unpaired) electrons. The standard InChI is InChI=1S/C74H130NO8P/c1-3-5-7-9-11-13-15-17-19-21-23-25-27-29-30-31-32-33-34-35-36-37-38-39-40-41-42-43-45-47-49-51-53-55-57-59-61-63-65-67-74(77)83-72(71-82-84(78,79)81-69-68-75)70-80-73(76)66-64-62-60-58-56-54-52-50-48-46-44-28-26-24-22-20-18-16-14-12-10-8-6-4-2/h5,7,11,13,17,19,23,25,29-30,32-33,35-36,38-39,41-42,72H,3-4,6,8-10,12,14-16,18,20-22,24,26-28,31,34,37,40,43-71,75H2,1-2H3,(H,78,79)/b7-5-,13-11-,19-17-,25-23-,30-29-,33-32-,36-35-,39-38-,42-41-. The van der Waals surface area contributed by atoms with Crippen LogP contribution < -0.4 is 5.73 Å². The highest BCUT2D eigenvalue weighted by Crippen LogP contribution is 2.43. The molecule has 484 valence electrons. The molecule has 10 heteroatoms. The van der Waals surface area contributed by atoms with Crippen LogP contribution >= 0.6 is 7.82 Å². The molecule has 9 nitrogen and oxygen atoms in total. The fourth-order valence-corrected chi connectivity index (χ4v) is 10.6. The van der Waals surface area contributed by atoms with E-state index in [2.05, 4.69) is 123 Å². The predicted octanol–water partition coefficient (Wildman–Crippen LogP) is 22.9. The van der Waals surface area contributed by atoms with Crippen molar-refractivity contribution in [3.8, 4) is 0 Å². The molecule has 0 aromatic rings. The minimum atomic E-state index is -4.40. The Morgan fingerprint density at radius 3 is 0.976 bits per heavy atom. The van der Waals surface area contributed by atoms with Crippen LogP contribution in [-0.2, 0) is 32.7 Å². The molecular weight excluding hydrogens is 1060 g/mol. The summed E-state index contributed by atoms with van der Waals surface area (Å²) in [5, 5.41) is 0. The molecule has 3 N–H and O–H groups in total. The molecule has 0 heterocycles. The van der Waals surface area contributed by atoms with Gasteiger partial charge in [0.15, 0.2) is 6.10 Å². The van der Waals surface area contributed by atoms with Gasteiger partial charge in [-0.15, -0.1) is 0 Å². The number of carbonyl (C=O) groups excluding carboxylic acids is 2. The molecule has 0 amide bonds. The van der Waals surface area contributed by atoms with Gasteiger partial charge in [-0.05, 0) is 83.5 Å². The van der Waals surface area contributed by atoms with Crippen LogP contribution in [0.3, 0.4) is 0 Å². The first-order chi connectivity index (χ1) is 41.3. The summed E-state index contributed by atoms with van der Waals surface area (Å²) in [6.45, 7) is 3.67. The van der Waals surface area contributed by atoms with E-state index in [1.807, 2.05) is 0 Å². The zero-order chi connectivity index (χ0) is 60.9. The normalized spacial score (nSPS) is 13.6. The number of hydrogen-bond acceptors (Lipinski definition) is 8. The topological polar surface area (TPSA) is 134 Å². The molecule has 0 rings (SSSR count). The zero-order valence-corrected chi connectivity index (χ0v) is 55.3. The molecule has 2 atom stereocenters. The summed E-state index contributed by atoms with van der Waals surface area (Å²) in [7, 11) is -4.40. The van der Waals surface area contributed by atoms with Gasteiger partial charge in [-0.3, -0.25) is 18.6 Å². The molecule has 2 unspecified atom stereocenters. The maximum atomic E-state index is 12.8. The van der Waals surface area contributed by atoms with E-state index < -0.39 is 26.5 Å². The fourth-order valence-electron chi connectivity index (χ4n) is 9.81. The number of phosphoric acid groups is 1. The SMILES string of the molecule is CC/C=C\C/C=C\C/C=C\C/C=C\C/C=C\C/C=C\C/C=C\C/C=C\C/C=C\CCCCCCCCCCCCCC(=O)OC(COC(=O)CCCCCCCCCCCCCCCCCCCCCCCCCC)COP(=O)(O)OCCN. The summed E-state index contributed by atoms with van der Waals surface area (Å²) >= 11 is 0. The van der Waals surface area contributed by atoms with E-state index in [0.29, 0.717) is 6.42 Å². The molecule has 0 aromatic carbocycles. The Kier molecular flexibility index (Phi) is 66.1. The molecule has 0 saturated heterocycles. The second-order valence-corrected chi connectivity index (χ2v) is 24.5. The van der Waals surface area contributed by atoms with Gasteiger partial charge >= 0.3 is 19.8 Å². The van der Waals surface area contributed by atoms with Gasteiger partial charge in [0.2, 0.25) is 0 Å². The van der Waals surface area contributed by atoms with Gasteiger partial charge in [0.25, 0.3) is 0 Å². The second-order valence-electron chi connectivity index (χ2n) is 23.0. The van der Waals surface area contributed by atoms with Crippen LogP contribution in [0.1, 0.15) is 316 Å². The third kappa shape index (κ3) is 67.8. The predicted molar refractivity (Wildman–Crippen MR) is 362 cm³/mol. The van der Waals surface area contributed by atoms with Gasteiger partial charge in [-0.25, -0.2) is 4.57 Å². The summed E-state index contributed by atoms with van der Waals surface area (Å²) in [4.78, 5) is 35.3. The van der Waals surface area contributed by atoms with E-state index >= 15 is 0 Å². The number of esters is 2. The first kappa shape index (κ1) is 80.7. The number of phosphoric ester groups is 1. The average Bonchev–Trinajstić information content (AvgIpc) is 3.58. The van der Waals surface area contributed by atoms with E-state index in [4.69, 9.17) is 24.3 Å². The molecule has 84 heavy (non-hydrogen) atoms. The Bertz CT molecular complexity index is 1740. The van der Waals surface area contributed by atoms with Crippen LogP contribution in [0.25, 0.3) is 0 Å². The number of unbranched alkanes of at least 4 members (excludes halogenated alkanes) is 34. The van der Waals surface area contributed by atoms with E-state index in [9.17, 15) is 19.0 Å². The van der Waals surface area contributed by atoms with Gasteiger partial charge in [0, 0.05) is 19.4 Å². The fraction of sp³-hybridized carbons (Fsp3) is 0.730. The Hall–Kier alpha value is -3.33. The number of rotatable bonds is 65. The number of allylic oxidation sites excluding steroid dienone is 18. The number of nitrogens with two attached hydrogens (primary N) is 1. The molecule has 0 aliphatic rings. The first-order valence-electron chi connectivity index (χ1n) is 34.9. The van der Waals surface area contributed by atoms with Crippen molar-refractivity contribution >= 4 is 19.8 Å². The Morgan fingerprint density at radius 1 is 0.369 bits per heavy atom. The summed E-state index contributed by atoms with van der Waals surface area (Å²) in [6, 6.07) is 0. The Labute approximate surface area is 518 Å². The molecule has 0 spiro atoms. The molecule has 0 aliphatic heterocycles. The monoisotopic (exact) mass is 1190 g/mol. The van der Waals surface area contributed by atoms with Crippen molar-refractivity contribution < 1.29 is 37.6 Å². The molecule has 0 aromatic heterocycles. The van der Waals surface area contributed by atoms with Gasteiger partial charge in [0.05, 0.1) is 13.2 Å². The third-order valence-electron chi connectivity index (χ3n) is 14.9. The van der Waals surface area contributed by atoms with Crippen molar-refractivity contribution in [1.29, 1.82) is 0 Å². The van der Waals surface area contributed by atoms with Crippen LogP contribution in [0.15, 0.2) is 109 Å². The van der Waals surface area contributed by atoms with Crippen molar-refractivity contribution in [3.63, 3.8) is 0 Å². The summed E-state index contributed by atoms with van der Waals surface area (Å²) in [5.41, 5.74) is 5.40. The molecule has 0 bridgehead atoms. The van der Waals surface area contributed by atoms with E-state index in [-0.39, 0.29) is 38.6 Å². The smallest absolute Gasteiger partial charge is 0.462 e. The largest absolute Gasteiger partial charge is 0.472 e. The van der Waals surface area contributed by atoms with Crippen molar-refractivity contribution in [1.82, 2.24) is 0 Å². The van der Waals surface area contributed by atoms with Crippen molar-refractivity contribution in [2.45, 2.75) is 322 Å². The van der Waals surface area contributed by atoms with Gasteiger partial charge in [0.1, 0.15) is 6.61 Å². The van der Waals surface area contributed by atoms with Crippen molar-refractivity contribution in [2.75, 3.05) is 26.4 Å². The second kappa shape index (κ2) is 68.8. The van der Waals surface area contributed by atoms with Crippen molar-refractivity contribution in [3.05, 3.63) is 109 Å². The van der Waals surface area contributed by atoms with Gasteiger partial charge in [-0.1, -0.05) is 329 Å². The maximum absolute atomic E-state index is 12.8. The zero-order valence-electron chi connectivity index (χ0n) is 54.4. The Morgan fingerprint density at radius 2 is 0.655 bits per heavy atom. The van der Waals surface area contributed by atoms with Crippen LogP contribution in [0.5, 0.6) is 0 Å². The van der Waals surface area contributed by atoms with E-state index in [0.717, 1.165) is 103 Å². The summed E-state index contributed by atoms with van der Waals surface area (Å²) in [6.07, 6.45) is 94.6. The molecular formula is C74H130NO8P. The van der Waals surface area contributed by atoms with Gasteiger partial charge < -0.3 is 20.1 Å². The van der Waals surface area contributed by atoms with E-state index in [1.165, 1.54) is 180 Å². The first-order valence-corrected chi connectivity index (χ1v) is 36.4. The summed E-state index contributed by atoms with van der Waals surface area (Å²) < 4.78 is 33.2. The summed E-state index contributed by atoms with van der Waals surface area (Å²) in [5.74, 6) is -0.822. The Balaban J connectivity index is 3.91. The molecule has 0 aliphatic carbocycles. The number of ether oxygens (including phenoxy) is 2. The van der Waals surface area contributed by atoms with Gasteiger partial charge in [-0.2, -0.15) is 0 Å². The number of hydrogen-bond donors (Lipinski definition) is 2. The highest BCUT2D eigenvalue weighted by Gasteiger charge is 2.26. The lowest BCUT2D eigenvalue weighted by atomic mass is 10.0. The van der Waals surface area contributed by atoms with Crippen LogP contribution in [0, 0.1) is 0 Å². The minimum Gasteiger partial charge on any atom is -0.462 e. The number of carbonyl (C=O) groups is 2.